The van der Waals surface area contributed by atoms with Crippen molar-refractivity contribution >= 4 is 23.6 Å². The fraction of sp³-hybridized carbons (Fsp3) is 0.600. The molecule has 0 saturated carbocycles. The van der Waals surface area contributed by atoms with Gasteiger partial charge < -0.3 is 10.2 Å². The minimum absolute atomic E-state index is 0.303. The first kappa shape index (κ1) is 21.8. The Kier molecular flexibility index (Phi) is 5.72. The number of carboxylic acid groups (broad SMARTS) is 2. The van der Waals surface area contributed by atoms with Crippen LogP contribution < -0.4 is 10.6 Å². The summed E-state index contributed by atoms with van der Waals surface area (Å²) < 4.78 is 0. The molecule has 0 radical (unpaired) electrons. The van der Waals surface area contributed by atoms with Gasteiger partial charge in [0.25, 0.3) is 0 Å². The molecule has 0 aliphatic rings. The number of nitrogens with one attached hydrogen (secondary N) is 2. The van der Waals surface area contributed by atoms with E-state index < -0.39 is 17.6 Å². The van der Waals surface area contributed by atoms with Gasteiger partial charge in [-0.3, -0.25) is 10.6 Å². The summed E-state index contributed by atoms with van der Waals surface area (Å²) in [6.07, 6.45) is -2.35. The van der Waals surface area contributed by atoms with E-state index in [4.69, 9.17) is 0 Å². The molecule has 0 heterocycles. The van der Waals surface area contributed by atoms with E-state index >= 15 is 0 Å². The van der Waals surface area contributed by atoms with E-state index in [1.807, 2.05) is 68.4 Å². The Morgan fingerprint density at radius 2 is 1.15 bits per heavy atom. The number of hydrogen-bond acceptors (Lipinski definition) is 2. The molecule has 0 aliphatic carbocycles. The zero-order chi connectivity index (χ0) is 20.7. The van der Waals surface area contributed by atoms with Crippen LogP contribution in [0.5, 0.6) is 0 Å². The summed E-state index contributed by atoms with van der Waals surface area (Å²) in [7, 11) is 0. The molecule has 0 spiro atoms. The molecule has 0 aromatic heterocycles. The summed E-state index contributed by atoms with van der Waals surface area (Å²) in [6, 6.07) is 1.85. The van der Waals surface area contributed by atoms with Crippen LogP contribution in [0.4, 0.5) is 21.0 Å². The Morgan fingerprint density at radius 1 is 0.731 bits per heavy atom. The smallest absolute Gasteiger partial charge is 0.409 e. The molecule has 0 unspecified atom stereocenters. The zero-order valence-corrected chi connectivity index (χ0v) is 17.3. The van der Waals surface area contributed by atoms with Gasteiger partial charge in [0.2, 0.25) is 0 Å². The number of hydrogen-bond donors (Lipinski definition) is 4. The molecule has 6 nitrogen and oxygen atoms in total. The van der Waals surface area contributed by atoms with Crippen molar-refractivity contribution in [3.63, 3.8) is 0 Å². The normalized spacial score (nSPS) is 12.7. The lowest BCUT2D eigenvalue weighted by atomic mass is 9.70. The van der Waals surface area contributed by atoms with Crippen molar-refractivity contribution in [2.24, 2.45) is 0 Å². The van der Waals surface area contributed by atoms with Gasteiger partial charge in [0.15, 0.2) is 0 Å². The van der Waals surface area contributed by atoms with E-state index in [2.05, 4.69) is 10.6 Å². The summed E-state index contributed by atoms with van der Waals surface area (Å²) in [5.41, 5.74) is 2.18. The first-order chi connectivity index (χ1) is 11.5. The van der Waals surface area contributed by atoms with Crippen molar-refractivity contribution in [1.29, 1.82) is 0 Å². The van der Waals surface area contributed by atoms with Crippen molar-refractivity contribution in [1.82, 2.24) is 0 Å². The van der Waals surface area contributed by atoms with Crippen molar-refractivity contribution < 1.29 is 19.8 Å². The number of benzene rings is 1. The average Bonchev–Trinajstić information content (AvgIpc) is 2.31. The summed E-state index contributed by atoms with van der Waals surface area (Å²) in [4.78, 5) is 23.0. The third-order valence-corrected chi connectivity index (χ3v) is 4.11. The molecule has 1 aromatic rings. The largest absolute Gasteiger partial charge is 0.465 e. The van der Waals surface area contributed by atoms with Crippen LogP contribution in [-0.2, 0) is 16.2 Å². The van der Waals surface area contributed by atoms with E-state index in [0.717, 1.165) is 11.1 Å². The molecule has 0 aliphatic heterocycles. The lowest BCUT2D eigenvalue weighted by Gasteiger charge is -2.37. The van der Waals surface area contributed by atoms with Gasteiger partial charge in [0.1, 0.15) is 0 Å². The van der Waals surface area contributed by atoms with Gasteiger partial charge in [-0.15, -0.1) is 0 Å². The fourth-order valence-corrected chi connectivity index (χ4v) is 3.28. The van der Waals surface area contributed by atoms with Crippen LogP contribution in [0.3, 0.4) is 0 Å². The lowest BCUT2D eigenvalue weighted by Crippen LogP contribution is -2.29. The van der Waals surface area contributed by atoms with Crippen LogP contribution in [0, 0.1) is 0 Å². The van der Waals surface area contributed by atoms with Gasteiger partial charge >= 0.3 is 12.2 Å². The Morgan fingerprint density at radius 3 is 1.46 bits per heavy atom. The summed E-state index contributed by atoms with van der Waals surface area (Å²) >= 11 is 0. The van der Waals surface area contributed by atoms with Crippen molar-refractivity contribution in [2.45, 2.75) is 78.6 Å². The molecule has 6 heteroatoms. The molecule has 0 fully saturated rings. The van der Waals surface area contributed by atoms with Crippen LogP contribution >= 0.6 is 0 Å². The standard InChI is InChI=1S/C20H32N2O4/c1-18(2,3)11-10-12(21-16(23)24)14(20(7,8)9)15(22-17(25)26)13(11)19(4,5)6/h10,21-22H,1-9H3,(H,23,24)(H,25,26). The highest BCUT2D eigenvalue weighted by Gasteiger charge is 2.35. The number of rotatable bonds is 2. The molecule has 26 heavy (non-hydrogen) atoms. The molecule has 0 saturated heterocycles. The monoisotopic (exact) mass is 364 g/mol. The second kappa shape index (κ2) is 6.82. The summed E-state index contributed by atoms with van der Waals surface area (Å²) in [6.45, 7) is 18.0. The van der Waals surface area contributed by atoms with Crippen LogP contribution in [0.25, 0.3) is 0 Å². The van der Waals surface area contributed by atoms with E-state index in [1.54, 1.807) is 0 Å². The maximum Gasteiger partial charge on any atom is 0.409 e. The van der Waals surface area contributed by atoms with Crippen molar-refractivity contribution in [3.05, 3.63) is 22.8 Å². The van der Waals surface area contributed by atoms with Crippen LogP contribution in [-0.4, -0.2) is 22.4 Å². The van der Waals surface area contributed by atoms with Gasteiger partial charge in [-0.05, 0) is 33.4 Å². The molecular weight excluding hydrogens is 332 g/mol. The minimum Gasteiger partial charge on any atom is -0.465 e. The number of amides is 2. The van der Waals surface area contributed by atoms with Gasteiger partial charge in [-0.2, -0.15) is 0 Å². The second-order valence-electron chi connectivity index (χ2n) is 9.71. The van der Waals surface area contributed by atoms with Crippen LogP contribution in [0.1, 0.15) is 79.0 Å². The van der Waals surface area contributed by atoms with Crippen molar-refractivity contribution in [2.75, 3.05) is 10.6 Å². The zero-order valence-electron chi connectivity index (χ0n) is 17.3. The van der Waals surface area contributed by atoms with Gasteiger partial charge in [-0.1, -0.05) is 62.3 Å². The second-order valence-corrected chi connectivity index (χ2v) is 9.71. The highest BCUT2D eigenvalue weighted by atomic mass is 16.4. The number of anilines is 2. The van der Waals surface area contributed by atoms with Crippen molar-refractivity contribution in [3.8, 4) is 0 Å². The third-order valence-electron chi connectivity index (χ3n) is 4.11. The Bertz CT molecular complexity index is 717. The molecule has 2 amide bonds. The van der Waals surface area contributed by atoms with Gasteiger partial charge in [-0.25, -0.2) is 9.59 Å². The molecule has 0 atom stereocenters. The number of carbonyl (C=O) groups is 2. The third kappa shape index (κ3) is 4.90. The maximum absolute atomic E-state index is 11.6. The molecule has 1 aromatic carbocycles. The SMILES string of the molecule is CC(C)(C)c1cc(NC(=O)O)c(C(C)(C)C)c(NC(=O)O)c1C(C)(C)C. The quantitative estimate of drug-likeness (QED) is 0.536. The highest BCUT2D eigenvalue weighted by molar-refractivity contribution is 5.93. The Balaban J connectivity index is 4.16. The predicted octanol–water partition coefficient (Wildman–Crippen LogP) is 5.76. The van der Waals surface area contributed by atoms with E-state index in [1.165, 1.54) is 0 Å². The summed E-state index contributed by atoms with van der Waals surface area (Å²) in [5, 5.41) is 23.8. The molecule has 4 N–H and O–H groups in total. The van der Waals surface area contributed by atoms with Crippen LogP contribution in [0.15, 0.2) is 6.07 Å². The van der Waals surface area contributed by atoms with E-state index in [0.29, 0.717) is 16.9 Å². The first-order valence-corrected chi connectivity index (χ1v) is 8.68. The maximum atomic E-state index is 11.6. The van der Waals surface area contributed by atoms with Gasteiger partial charge in [0.05, 0.1) is 11.4 Å². The predicted molar refractivity (Wildman–Crippen MR) is 106 cm³/mol. The van der Waals surface area contributed by atoms with Gasteiger partial charge in [0, 0.05) is 5.56 Å². The minimum atomic E-state index is -1.18. The van der Waals surface area contributed by atoms with E-state index in [9.17, 15) is 19.8 Å². The topological polar surface area (TPSA) is 98.7 Å². The van der Waals surface area contributed by atoms with E-state index in [-0.39, 0.29) is 10.8 Å². The molecule has 1 rings (SSSR count). The average molecular weight is 364 g/mol. The molecule has 146 valence electrons. The highest BCUT2D eigenvalue weighted by Crippen LogP contribution is 2.47. The Labute approximate surface area is 156 Å². The fourth-order valence-electron chi connectivity index (χ4n) is 3.28. The molecule has 0 bridgehead atoms. The lowest BCUT2D eigenvalue weighted by molar-refractivity contribution is 0.208. The summed E-state index contributed by atoms with van der Waals surface area (Å²) in [5.74, 6) is 0. The Hall–Kier alpha value is -2.24. The molecular formula is C20H32N2O4. The first-order valence-electron chi connectivity index (χ1n) is 8.68. The van der Waals surface area contributed by atoms with Crippen LogP contribution in [0.2, 0.25) is 0 Å².